The second kappa shape index (κ2) is 12.8. The van der Waals surface area contributed by atoms with E-state index in [4.69, 9.17) is 11.6 Å². The summed E-state index contributed by atoms with van der Waals surface area (Å²) in [5.74, 6) is -2.27. The predicted octanol–water partition coefficient (Wildman–Crippen LogP) is 1.84. The third-order valence-corrected chi connectivity index (χ3v) is 8.23. The van der Waals surface area contributed by atoms with Crippen molar-refractivity contribution >= 4 is 78.3 Å². The van der Waals surface area contributed by atoms with Crippen molar-refractivity contribution in [3.63, 3.8) is 0 Å². The van der Waals surface area contributed by atoms with Gasteiger partial charge < -0.3 is 20.0 Å². The molecule has 0 heterocycles. The number of phenolic OH excluding ortho intramolecular Hbond substituents is 2. The molecular formula is C22H15ClKN4O11PS2. The maximum atomic E-state index is 12.2. The van der Waals surface area contributed by atoms with Gasteiger partial charge in [-0.2, -0.15) is 46.2 Å². The van der Waals surface area contributed by atoms with Crippen molar-refractivity contribution in [1.29, 1.82) is 0 Å². The molecule has 0 saturated carbocycles. The molecule has 0 unspecified atom stereocenters. The molecular weight excluding hydrogens is 666 g/mol. The summed E-state index contributed by atoms with van der Waals surface area (Å²) in [5, 5.41) is 34.5. The fourth-order valence-electron chi connectivity index (χ4n) is 3.52. The van der Waals surface area contributed by atoms with E-state index in [0.717, 1.165) is 12.1 Å². The first-order valence-electron chi connectivity index (χ1n) is 10.6. The van der Waals surface area contributed by atoms with E-state index in [1.807, 2.05) is 0 Å². The SMILES string of the molecule is O=P(O)(O)c1cc(Cl)ccc1N=Nc1c(S(=O)(=O)O)cc2cc(S(=O)(=O)O)c(N=Nc3c[c-]ccc3)c(O)c2c1O.[K+]. The summed E-state index contributed by atoms with van der Waals surface area (Å²) < 4.78 is 79.9. The van der Waals surface area contributed by atoms with E-state index in [0.29, 0.717) is 12.1 Å². The largest absolute Gasteiger partial charge is 1.00 e. The zero-order valence-electron chi connectivity index (χ0n) is 20.9. The molecule has 15 nitrogen and oxygen atoms in total. The standard InChI is InChI=1S/C22H15ClN4O11PS2.K/c23-12-6-7-14(15(10-12)39(30,31)32)25-27-20-17(41(36,37)38)9-11-8-16(40(33,34)35)19(21(28)18(11)22(20)29)26-24-13-4-2-1-3-5-13;/h1-2,4-10,28-29H,(H2,30,31,32)(H,33,34,35)(H,36,37,38);/q-1;+1. The Morgan fingerprint density at radius 1 is 0.810 bits per heavy atom. The fraction of sp³-hybridized carbons (Fsp3) is 0. The number of rotatable bonds is 7. The Bertz CT molecular complexity index is 2040. The van der Waals surface area contributed by atoms with Crippen molar-refractivity contribution in [2.75, 3.05) is 0 Å². The molecule has 0 radical (unpaired) electrons. The average molecular weight is 681 g/mol. The van der Waals surface area contributed by atoms with Crippen molar-refractivity contribution < 1.29 is 102 Å². The molecule has 0 aliphatic rings. The maximum absolute atomic E-state index is 12.2. The maximum Gasteiger partial charge on any atom is 1.00 e. The molecule has 6 N–H and O–H groups in total. The van der Waals surface area contributed by atoms with Crippen LogP contribution in [0.2, 0.25) is 5.02 Å². The third-order valence-electron chi connectivity index (χ3n) is 5.27. The molecule has 0 amide bonds. The summed E-state index contributed by atoms with van der Waals surface area (Å²) in [6.45, 7) is 0. The molecule has 0 aliphatic carbocycles. The molecule has 214 valence electrons. The number of phenols is 2. The summed E-state index contributed by atoms with van der Waals surface area (Å²) in [5.41, 5.74) is -2.22. The normalized spacial score (nSPS) is 12.7. The van der Waals surface area contributed by atoms with Gasteiger partial charge in [-0.15, -0.1) is 16.3 Å². The van der Waals surface area contributed by atoms with E-state index in [9.17, 15) is 50.5 Å². The Hall–Kier alpha value is -2.16. The quantitative estimate of drug-likeness (QED) is 0.0539. The molecule has 0 bridgehead atoms. The first-order chi connectivity index (χ1) is 19.0. The van der Waals surface area contributed by atoms with E-state index in [-0.39, 0.29) is 62.1 Å². The Balaban J connectivity index is 0.00000484. The predicted molar refractivity (Wildman–Crippen MR) is 144 cm³/mol. The Morgan fingerprint density at radius 2 is 1.36 bits per heavy atom. The van der Waals surface area contributed by atoms with Gasteiger partial charge in [-0.3, -0.25) is 13.7 Å². The number of nitrogens with zero attached hydrogens (tertiary/aromatic N) is 4. The first kappa shape index (κ1) is 34.3. The van der Waals surface area contributed by atoms with Crippen LogP contribution in [0.25, 0.3) is 10.8 Å². The zero-order chi connectivity index (χ0) is 30.3. The zero-order valence-corrected chi connectivity index (χ0v) is 27.3. The van der Waals surface area contributed by atoms with Gasteiger partial charge >= 0.3 is 59.0 Å². The van der Waals surface area contributed by atoms with Crippen molar-refractivity contribution in [1.82, 2.24) is 0 Å². The van der Waals surface area contributed by atoms with Crippen LogP contribution in [0.1, 0.15) is 0 Å². The van der Waals surface area contributed by atoms with Crippen LogP contribution in [0.5, 0.6) is 11.5 Å². The summed E-state index contributed by atoms with van der Waals surface area (Å²) in [6, 6.07) is 12.9. The molecule has 0 spiro atoms. The topological polar surface area (TPSA) is 256 Å². The number of benzene rings is 4. The second-order valence-corrected chi connectivity index (χ2v) is 12.8. The van der Waals surface area contributed by atoms with E-state index in [1.165, 1.54) is 30.3 Å². The van der Waals surface area contributed by atoms with Crippen LogP contribution < -0.4 is 56.7 Å². The molecule has 4 aromatic rings. The Labute approximate surface area is 284 Å². The van der Waals surface area contributed by atoms with Crippen LogP contribution in [0.4, 0.5) is 22.7 Å². The van der Waals surface area contributed by atoms with Crippen molar-refractivity contribution in [2.45, 2.75) is 9.79 Å². The van der Waals surface area contributed by atoms with Gasteiger partial charge in [-0.05, 0) is 41.4 Å². The van der Waals surface area contributed by atoms with Crippen LogP contribution >= 0.6 is 19.2 Å². The monoisotopic (exact) mass is 680 g/mol. The second-order valence-electron chi connectivity index (χ2n) is 8.03. The summed E-state index contributed by atoms with van der Waals surface area (Å²) in [6.07, 6.45) is 0. The minimum Gasteiger partial charge on any atom is -0.505 e. The molecule has 0 saturated heterocycles. The fourth-order valence-corrected chi connectivity index (χ4v) is 5.81. The van der Waals surface area contributed by atoms with E-state index in [1.54, 1.807) is 0 Å². The molecule has 0 fully saturated rings. The van der Waals surface area contributed by atoms with Crippen LogP contribution in [-0.4, -0.2) is 45.9 Å². The number of hydrogen-bond donors (Lipinski definition) is 6. The van der Waals surface area contributed by atoms with Gasteiger partial charge in [0, 0.05) is 5.02 Å². The molecule has 42 heavy (non-hydrogen) atoms. The van der Waals surface area contributed by atoms with Gasteiger partial charge in [-0.25, -0.2) is 5.11 Å². The molecule has 0 aliphatic heterocycles. The van der Waals surface area contributed by atoms with Crippen molar-refractivity contribution in [2.24, 2.45) is 20.5 Å². The third kappa shape index (κ3) is 7.48. The van der Waals surface area contributed by atoms with Crippen LogP contribution in [-0.2, 0) is 24.8 Å². The minimum atomic E-state index is -5.24. The van der Waals surface area contributed by atoms with Gasteiger partial charge in [0.15, 0.2) is 11.5 Å². The summed E-state index contributed by atoms with van der Waals surface area (Å²) in [7, 11) is -15.4. The van der Waals surface area contributed by atoms with E-state index >= 15 is 0 Å². The number of fused-ring (bicyclic) bond motifs is 1. The summed E-state index contributed by atoms with van der Waals surface area (Å²) >= 11 is 5.78. The molecule has 4 rings (SSSR count). The van der Waals surface area contributed by atoms with Crippen LogP contribution in [0.3, 0.4) is 0 Å². The van der Waals surface area contributed by atoms with E-state index in [2.05, 4.69) is 26.5 Å². The molecule has 0 aromatic heterocycles. The van der Waals surface area contributed by atoms with Crippen molar-refractivity contribution in [3.8, 4) is 11.5 Å². The van der Waals surface area contributed by atoms with Gasteiger partial charge in [0.1, 0.15) is 26.9 Å². The van der Waals surface area contributed by atoms with Crippen molar-refractivity contribution in [3.05, 3.63) is 65.7 Å². The summed E-state index contributed by atoms with van der Waals surface area (Å²) in [4.78, 5) is 17.0. The Kier molecular flexibility index (Phi) is 10.5. The van der Waals surface area contributed by atoms with Gasteiger partial charge in [0.05, 0.1) is 10.7 Å². The molecule has 0 atom stereocenters. The smallest absolute Gasteiger partial charge is 0.505 e. The van der Waals surface area contributed by atoms with Crippen LogP contribution in [0.15, 0.2) is 84.8 Å². The van der Waals surface area contributed by atoms with Gasteiger partial charge in [0.25, 0.3) is 20.2 Å². The molecule has 20 heteroatoms. The average Bonchev–Trinajstić information content (AvgIpc) is 2.86. The Morgan fingerprint density at radius 3 is 1.83 bits per heavy atom. The van der Waals surface area contributed by atoms with E-state index < -0.39 is 82.3 Å². The van der Waals surface area contributed by atoms with Gasteiger partial charge in [-0.1, -0.05) is 11.6 Å². The minimum absolute atomic E-state index is 0. The first-order valence-corrected chi connectivity index (χ1v) is 15.5. The van der Waals surface area contributed by atoms with Crippen LogP contribution in [0, 0.1) is 6.07 Å². The van der Waals surface area contributed by atoms with Gasteiger partial charge in [0.2, 0.25) is 0 Å². The number of halogens is 1. The number of azo groups is 2. The number of hydrogen-bond acceptors (Lipinski definition) is 11. The molecule has 4 aromatic carbocycles. The number of aromatic hydroxyl groups is 2.